The second-order valence-corrected chi connectivity index (χ2v) is 9.25. The molecular formula is C20H24BrN3O5S. The van der Waals surface area contributed by atoms with Gasteiger partial charge in [-0.25, -0.2) is 13.9 Å². The van der Waals surface area contributed by atoms with Crippen LogP contribution in [0.15, 0.2) is 64.0 Å². The third-order valence-corrected chi connectivity index (χ3v) is 6.32. The molecule has 0 bridgehead atoms. The highest BCUT2D eigenvalue weighted by molar-refractivity contribution is 9.10. The molecule has 30 heavy (non-hydrogen) atoms. The maximum Gasteiger partial charge on any atom is 0.261 e. The Bertz CT molecular complexity index is 937. The van der Waals surface area contributed by atoms with Crippen molar-refractivity contribution < 1.29 is 23.2 Å². The number of benzene rings is 2. The molecule has 0 unspecified atom stereocenters. The van der Waals surface area contributed by atoms with E-state index in [1.165, 1.54) is 17.6 Å². The van der Waals surface area contributed by atoms with Gasteiger partial charge in [0.1, 0.15) is 6.04 Å². The van der Waals surface area contributed by atoms with Crippen molar-refractivity contribution in [1.29, 1.82) is 0 Å². The van der Waals surface area contributed by atoms with Crippen molar-refractivity contribution >= 4 is 43.5 Å². The number of nitrogens with one attached hydrogen (secondary N) is 3. The molecule has 8 nitrogen and oxygen atoms in total. The zero-order valence-corrected chi connectivity index (χ0v) is 18.6. The molecule has 0 fully saturated rings. The monoisotopic (exact) mass is 497 g/mol. The van der Waals surface area contributed by atoms with Crippen molar-refractivity contribution in [2.24, 2.45) is 0 Å². The molecule has 0 spiro atoms. The molecule has 4 N–H and O–H groups in total. The number of hydroxylamine groups is 1. The van der Waals surface area contributed by atoms with Crippen LogP contribution in [-0.4, -0.2) is 31.5 Å². The number of rotatable bonds is 11. The molecule has 0 aliphatic heterocycles. The summed E-state index contributed by atoms with van der Waals surface area (Å²) in [6.45, 7) is 0. The van der Waals surface area contributed by atoms with Gasteiger partial charge in [0.05, 0.1) is 4.90 Å². The van der Waals surface area contributed by atoms with Crippen LogP contribution in [0.2, 0.25) is 0 Å². The van der Waals surface area contributed by atoms with Gasteiger partial charge in [0.25, 0.3) is 5.91 Å². The van der Waals surface area contributed by atoms with Crippen LogP contribution in [0.5, 0.6) is 0 Å². The van der Waals surface area contributed by atoms with E-state index >= 15 is 0 Å². The minimum absolute atomic E-state index is 0.0130. The van der Waals surface area contributed by atoms with E-state index in [-0.39, 0.29) is 17.2 Å². The van der Waals surface area contributed by atoms with Gasteiger partial charge in [-0.2, -0.15) is 4.72 Å². The van der Waals surface area contributed by atoms with E-state index in [1.54, 1.807) is 24.3 Å². The highest BCUT2D eigenvalue weighted by Gasteiger charge is 2.25. The topological polar surface area (TPSA) is 125 Å². The summed E-state index contributed by atoms with van der Waals surface area (Å²) in [5.41, 5.74) is 2.22. The summed E-state index contributed by atoms with van der Waals surface area (Å²) in [7, 11) is -3.93. The summed E-state index contributed by atoms with van der Waals surface area (Å²) >= 11 is 3.23. The maximum absolute atomic E-state index is 12.5. The normalized spacial score (nSPS) is 12.2. The van der Waals surface area contributed by atoms with Gasteiger partial charge >= 0.3 is 0 Å². The maximum atomic E-state index is 12.5. The molecule has 0 aliphatic carbocycles. The fourth-order valence-corrected chi connectivity index (χ4v) is 4.24. The molecular weight excluding hydrogens is 474 g/mol. The summed E-state index contributed by atoms with van der Waals surface area (Å²) in [4.78, 5) is 23.8. The summed E-state index contributed by atoms with van der Waals surface area (Å²) in [6.07, 6.45) is 2.21. The molecule has 0 aromatic heterocycles. The molecule has 2 aromatic carbocycles. The number of amides is 2. The van der Waals surface area contributed by atoms with Crippen molar-refractivity contribution in [3.05, 3.63) is 59.1 Å². The molecule has 162 valence electrons. The van der Waals surface area contributed by atoms with Gasteiger partial charge in [-0.15, -0.1) is 0 Å². The predicted molar refractivity (Wildman–Crippen MR) is 116 cm³/mol. The molecule has 0 heterocycles. The molecule has 2 amide bonds. The van der Waals surface area contributed by atoms with E-state index in [0.29, 0.717) is 25.7 Å². The first kappa shape index (κ1) is 24.0. The summed E-state index contributed by atoms with van der Waals surface area (Å²) in [5.74, 6) is -0.945. The lowest BCUT2D eigenvalue weighted by Crippen LogP contribution is -2.45. The fraction of sp³-hybridized carbons (Fsp3) is 0.300. The highest BCUT2D eigenvalue weighted by Crippen LogP contribution is 2.16. The molecule has 0 radical (unpaired) electrons. The van der Waals surface area contributed by atoms with Gasteiger partial charge in [-0.05, 0) is 49.2 Å². The Balaban J connectivity index is 1.81. The molecule has 1 atom stereocenters. The van der Waals surface area contributed by atoms with Crippen LogP contribution in [-0.2, 0) is 19.6 Å². The van der Waals surface area contributed by atoms with Crippen LogP contribution in [0.1, 0.15) is 32.1 Å². The number of sulfonamides is 1. The quantitative estimate of drug-likeness (QED) is 0.215. The average Bonchev–Trinajstić information content (AvgIpc) is 2.73. The average molecular weight is 498 g/mol. The summed E-state index contributed by atoms with van der Waals surface area (Å²) in [6, 6.07) is 14.0. The third-order valence-electron chi connectivity index (χ3n) is 4.30. The second-order valence-electron chi connectivity index (χ2n) is 6.62. The van der Waals surface area contributed by atoms with E-state index in [0.717, 1.165) is 10.2 Å². The largest absolute Gasteiger partial charge is 0.326 e. The van der Waals surface area contributed by atoms with Crippen LogP contribution in [0, 0.1) is 0 Å². The SMILES string of the molecule is O=C(CCCCC[C@H](NS(=O)(=O)c1ccc(Br)cc1)C(=O)NO)Nc1ccccc1. The molecule has 2 aromatic rings. The molecule has 0 saturated carbocycles. The van der Waals surface area contributed by atoms with Gasteiger partial charge in [-0.1, -0.05) is 47.0 Å². The number of para-hydroxylation sites is 1. The second kappa shape index (κ2) is 11.8. The third kappa shape index (κ3) is 7.86. The van der Waals surface area contributed by atoms with Crippen LogP contribution < -0.4 is 15.5 Å². The number of unbranched alkanes of at least 4 members (excludes halogenated alkanes) is 2. The number of carbonyl (C=O) groups excluding carboxylic acids is 2. The van der Waals surface area contributed by atoms with Crippen molar-refractivity contribution in [1.82, 2.24) is 10.2 Å². The van der Waals surface area contributed by atoms with Gasteiger partial charge in [0, 0.05) is 16.6 Å². The number of hydrogen-bond acceptors (Lipinski definition) is 5. The first-order valence-corrected chi connectivity index (χ1v) is 11.7. The van der Waals surface area contributed by atoms with Crippen LogP contribution in [0.25, 0.3) is 0 Å². The van der Waals surface area contributed by atoms with Gasteiger partial charge < -0.3 is 5.32 Å². The Morgan fingerprint density at radius 2 is 1.63 bits per heavy atom. The van der Waals surface area contributed by atoms with Gasteiger partial charge in [-0.3, -0.25) is 14.8 Å². The minimum Gasteiger partial charge on any atom is -0.326 e. The van der Waals surface area contributed by atoms with Gasteiger partial charge in [0.2, 0.25) is 15.9 Å². The van der Waals surface area contributed by atoms with Gasteiger partial charge in [0.15, 0.2) is 0 Å². The van der Waals surface area contributed by atoms with Crippen molar-refractivity contribution in [2.45, 2.75) is 43.0 Å². The van der Waals surface area contributed by atoms with E-state index in [9.17, 15) is 18.0 Å². The number of anilines is 1. The van der Waals surface area contributed by atoms with Crippen molar-refractivity contribution in [3.63, 3.8) is 0 Å². The van der Waals surface area contributed by atoms with E-state index in [2.05, 4.69) is 26.0 Å². The van der Waals surface area contributed by atoms with E-state index in [4.69, 9.17) is 5.21 Å². The smallest absolute Gasteiger partial charge is 0.261 e. The summed E-state index contributed by atoms with van der Waals surface area (Å²) < 4.78 is 28.0. The minimum atomic E-state index is -3.93. The Kier molecular flexibility index (Phi) is 9.44. The van der Waals surface area contributed by atoms with Crippen molar-refractivity contribution in [3.8, 4) is 0 Å². The highest BCUT2D eigenvalue weighted by atomic mass is 79.9. The molecule has 10 heteroatoms. The number of halogens is 1. The Labute approximate surface area is 184 Å². The Morgan fingerprint density at radius 3 is 2.27 bits per heavy atom. The van der Waals surface area contributed by atoms with E-state index in [1.807, 2.05) is 18.2 Å². The van der Waals surface area contributed by atoms with Crippen molar-refractivity contribution in [2.75, 3.05) is 5.32 Å². The van der Waals surface area contributed by atoms with E-state index < -0.39 is 22.0 Å². The van der Waals surface area contributed by atoms with Crippen LogP contribution in [0.4, 0.5) is 5.69 Å². The standard InChI is InChI=1S/C20H24BrN3O5S/c21-15-11-13-17(14-12-15)30(28,29)24-18(20(26)23-27)9-5-2-6-10-19(25)22-16-7-3-1-4-8-16/h1,3-4,7-8,11-14,18,24,27H,2,5-6,9-10H2,(H,22,25)(H,23,26)/t18-/m0/s1. The lowest BCUT2D eigenvalue weighted by Gasteiger charge is -2.17. The predicted octanol–water partition coefficient (Wildman–Crippen LogP) is 3.19. The summed E-state index contributed by atoms with van der Waals surface area (Å²) in [5, 5.41) is 11.7. The molecule has 2 rings (SSSR count). The van der Waals surface area contributed by atoms with Crippen LogP contribution >= 0.6 is 15.9 Å². The van der Waals surface area contributed by atoms with Crippen LogP contribution in [0.3, 0.4) is 0 Å². The first-order valence-electron chi connectivity index (χ1n) is 9.38. The zero-order chi connectivity index (χ0) is 22.0. The first-order chi connectivity index (χ1) is 14.3. The molecule has 0 aliphatic rings. The fourth-order valence-electron chi connectivity index (χ4n) is 2.75. The molecule has 0 saturated heterocycles. The lowest BCUT2D eigenvalue weighted by molar-refractivity contribution is -0.131. The Morgan fingerprint density at radius 1 is 0.967 bits per heavy atom. The zero-order valence-electron chi connectivity index (χ0n) is 16.2. The lowest BCUT2D eigenvalue weighted by atomic mass is 10.1. The number of hydrogen-bond donors (Lipinski definition) is 4. The number of carbonyl (C=O) groups is 2. The Hall–Kier alpha value is -2.27.